The van der Waals surface area contributed by atoms with Crippen LogP contribution in [0.2, 0.25) is 0 Å². The number of nitrogens with zero attached hydrogens (tertiary/aromatic N) is 1. The molecule has 0 saturated carbocycles. The van der Waals surface area contributed by atoms with E-state index in [9.17, 15) is 9.65 Å². The molecule has 0 heterocycles. The number of phenolic OH excluding ortho intramolecular Hbond substituents is 1. The lowest BCUT2D eigenvalue weighted by molar-refractivity contribution is 0.415. The molecule has 0 aliphatic heterocycles. The molecule has 0 aromatic heterocycles. The van der Waals surface area contributed by atoms with E-state index < -0.39 is 17.6 Å². The van der Waals surface area contributed by atoms with Gasteiger partial charge in [0.05, 0.1) is 13.2 Å². The van der Waals surface area contributed by atoms with Crippen LogP contribution < -0.4 is 10.1 Å². The van der Waals surface area contributed by atoms with Crippen LogP contribution in [0.15, 0.2) is 42.5 Å². The summed E-state index contributed by atoms with van der Waals surface area (Å²) in [5.41, 5.74) is 1.12. The van der Waals surface area contributed by atoms with Crippen molar-refractivity contribution in [3.05, 3.63) is 53.8 Å². The van der Waals surface area contributed by atoms with Crippen LogP contribution in [0, 0.1) is 17.1 Å². The van der Waals surface area contributed by atoms with Crippen molar-refractivity contribution in [3.8, 4) is 17.6 Å². The van der Waals surface area contributed by atoms with E-state index >= 15 is 0 Å². The molecule has 0 radical (unpaired) electrons. The number of nitriles is 1. The molecule has 2 rings (SSSR count). The number of anilines is 1. The van der Waals surface area contributed by atoms with Crippen molar-refractivity contribution < 1.29 is 14.2 Å². The van der Waals surface area contributed by atoms with E-state index in [1.54, 1.807) is 31.4 Å². The third kappa shape index (κ3) is 2.98. The van der Waals surface area contributed by atoms with Crippen molar-refractivity contribution in [1.29, 1.82) is 5.26 Å². The summed E-state index contributed by atoms with van der Waals surface area (Å²) in [5.74, 6) is -0.536. The first kappa shape index (κ1) is 13.7. The van der Waals surface area contributed by atoms with Crippen LogP contribution in [-0.2, 0) is 0 Å². The molecule has 1 atom stereocenters. The van der Waals surface area contributed by atoms with Gasteiger partial charge in [0.2, 0.25) is 0 Å². The van der Waals surface area contributed by atoms with Gasteiger partial charge in [-0.1, -0.05) is 12.1 Å². The maximum Gasteiger partial charge on any atom is 0.165 e. The predicted octanol–water partition coefficient (Wildman–Crippen LogP) is 3.22. The Kier molecular flexibility index (Phi) is 4.06. The zero-order valence-electron chi connectivity index (χ0n) is 10.8. The number of halogens is 1. The van der Waals surface area contributed by atoms with Crippen LogP contribution in [0.5, 0.6) is 11.5 Å². The largest absolute Gasteiger partial charge is 0.505 e. The number of nitrogens with one attached hydrogen (secondary N) is 1. The van der Waals surface area contributed by atoms with Crippen molar-refractivity contribution in [2.45, 2.75) is 6.04 Å². The fourth-order valence-corrected chi connectivity index (χ4v) is 1.77. The van der Waals surface area contributed by atoms with Crippen LogP contribution in [-0.4, -0.2) is 12.2 Å². The average Bonchev–Trinajstić information content (AvgIpc) is 2.48. The molecule has 0 saturated heterocycles. The lowest BCUT2D eigenvalue weighted by Crippen LogP contribution is -2.08. The Labute approximate surface area is 116 Å². The molecule has 2 aromatic carbocycles. The molecule has 20 heavy (non-hydrogen) atoms. The van der Waals surface area contributed by atoms with Crippen LogP contribution in [0.1, 0.15) is 11.6 Å². The van der Waals surface area contributed by atoms with E-state index in [1.165, 1.54) is 12.1 Å². The lowest BCUT2D eigenvalue weighted by atomic mass is 10.1. The summed E-state index contributed by atoms with van der Waals surface area (Å²) in [6.07, 6.45) is 0. The van der Waals surface area contributed by atoms with Gasteiger partial charge in [-0.25, -0.2) is 4.39 Å². The highest BCUT2D eigenvalue weighted by Crippen LogP contribution is 2.25. The number of ether oxygens (including phenoxy) is 1. The first-order chi connectivity index (χ1) is 9.63. The molecule has 0 aliphatic carbocycles. The monoisotopic (exact) mass is 272 g/mol. The van der Waals surface area contributed by atoms with Gasteiger partial charge in [0, 0.05) is 11.8 Å². The van der Waals surface area contributed by atoms with Gasteiger partial charge < -0.3 is 15.2 Å². The van der Waals surface area contributed by atoms with Gasteiger partial charge in [-0.05, 0) is 29.8 Å². The Morgan fingerprint density at radius 1 is 1.30 bits per heavy atom. The molecule has 2 aromatic rings. The molecule has 0 aliphatic rings. The number of aromatic hydroxyl groups is 1. The molecular formula is C15H13FN2O2. The number of hydrogen-bond acceptors (Lipinski definition) is 4. The Morgan fingerprint density at radius 3 is 2.75 bits per heavy atom. The SMILES string of the molecule is COc1cccc(NC(C#N)c2ccc(O)c(F)c2)c1. The number of rotatable bonds is 4. The van der Waals surface area contributed by atoms with Gasteiger partial charge in [0.1, 0.15) is 11.8 Å². The van der Waals surface area contributed by atoms with E-state index in [1.807, 2.05) is 0 Å². The summed E-state index contributed by atoms with van der Waals surface area (Å²) in [7, 11) is 1.55. The number of phenols is 1. The molecule has 0 bridgehead atoms. The molecular weight excluding hydrogens is 259 g/mol. The van der Waals surface area contributed by atoms with E-state index in [-0.39, 0.29) is 0 Å². The van der Waals surface area contributed by atoms with Crippen LogP contribution in [0.4, 0.5) is 10.1 Å². The van der Waals surface area contributed by atoms with Gasteiger partial charge in [0.15, 0.2) is 11.6 Å². The number of hydrogen-bond donors (Lipinski definition) is 2. The normalized spacial score (nSPS) is 11.4. The van der Waals surface area contributed by atoms with E-state index in [4.69, 9.17) is 9.84 Å². The highest BCUT2D eigenvalue weighted by Gasteiger charge is 2.13. The summed E-state index contributed by atoms with van der Waals surface area (Å²) in [5, 5.41) is 21.3. The second kappa shape index (κ2) is 5.93. The van der Waals surface area contributed by atoms with Crippen LogP contribution in [0.25, 0.3) is 0 Å². The summed E-state index contributed by atoms with van der Waals surface area (Å²) in [4.78, 5) is 0. The summed E-state index contributed by atoms with van der Waals surface area (Å²) >= 11 is 0. The average molecular weight is 272 g/mol. The minimum Gasteiger partial charge on any atom is -0.505 e. The molecule has 0 fully saturated rings. The molecule has 1 unspecified atom stereocenters. The third-order valence-electron chi connectivity index (χ3n) is 2.81. The Balaban J connectivity index is 2.24. The van der Waals surface area contributed by atoms with E-state index in [0.29, 0.717) is 17.0 Å². The van der Waals surface area contributed by atoms with Crippen molar-refractivity contribution in [2.75, 3.05) is 12.4 Å². The molecule has 5 heteroatoms. The van der Waals surface area contributed by atoms with E-state index in [2.05, 4.69) is 11.4 Å². The highest BCUT2D eigenvalue weighted by molar-refractivity contribution is 5.51. The molecule has 102 valence electrons. The van der Waals surface area contributed by atoms with Crippen molar-refractivity contribution in [3.63, 3.8) is 0 Å². The molecule has 0 amide bonds. The summed E-state index contributed by atoms with van der Waals surface area (Å²) in [6.45, 7) is 0. The van der Waals surface area contributed by atoms with Crippen LogP contribution in [0.3, 0.4) is 0 Å². The topological polar surface area (TPSA) is 65.3 Å². The highest BCUT2D eigenvalue weighted by atomic mass is 19.1. The maximum absolute atomic E-state index is 13.3. The van der Waals surface area contributed by atoms with Gasteiger partial charge in [0.25, 0.3) is 0 Å². The zero-order valence-corrected chi connectivity index (χ0v) is 10.8. The van der Waals surface area contributed by atoms with Gasteiger partial charge >= 0.3 is 0 Å². The Morgan fingerprint density at radius 2 is 2.10 bits per heavy atom. The first-order valence-corrected chi connectivity index (χ1v) is 5.92. The van der Waals surface area contributed by atoms with Crippen molar-refractivity contribution in [2.24, 2.45) is 0 Å². The van der Waals surface area contributed by atoms with Crippen molar-refractivity contribution in [1.82, 2.24) is 0 Å². The third-order valence-corrected chi connectivity index (χ3v) is 2.81. The first-order valence-electron chi connectivity index (χ1n) is 5.92. The fraction of sp³-hybridized carbons (Fsp3) is 0.133. The predicted molar refractivity (Wildman–Crippen MR) is 73.0 cm³/mol. The molecule has 0 spiro atoms. The minimum atomic E-state index is -0.754. The Hall–Kier alpha value is -2.74. The Bertz CT molecular complexity index is 653. The fourth-order valence-electron chi connectivity index (χ4n) is 1.77. The van der Waals surface area contributed by atoms with Crippen molar-refractivity contribution >= 4 is 5.69 Å². The minimum absolute atomic E-state index is 0.436. The second-order valence-corrected chi connectivity index (χ2v) is 4.15. The van der Waals surface area contributed by atoms with Gasteiger partial charge in [-0.3, -0.25) is 0 Å². The quantitative estimate of drug-likeness (QED) is 0.897. The van der Waals surface area contributed by atoms with Gasteiger partial charge in [-0.2, -0.15) is 5.26 Å². The maximum atomic E-state index is 13.3. The van der Waals surface area contributed by atoms with Gasteiger partial charge in [-0.15, -0.1) is 0 Å². The number of benzene rings is 2. The standard InChI is InChI=1S/C15H13FN2O2/c1-20-12-4-2-3-11(8-12)18-14(9-17)10-5-6-15(19)13(16)7-10/h2-8,14,18-19H,1H3. The van der Waals surface area contributed by atoms with E-state index in [0.717, 1.165) is 6.07 Å². The summed E-state index contributed by atoms with van der Waals surface area (Å²) < 4.78 is 18.4. The number of methoxy groups -OCH3 is 1. The second-order valence-electron chi connectivity index (χ2n) is 4.15. The molecule has 2 N–H and O–H groups in total. The molecule has 4 nitrogen and oxygen atoms in total. The smallest absolute Gasteiger partial charge is 0.165 e. The summed E-state index contributed by atoms with van der Waals surface area (Å²) in [6, 6.07) is 12.3. The zero-order chi connectivity index (χ0) is 14.5. The lowest BCUT2D eigenvalue weighted by Gasteiger charge is -2.14. The van der Waals surface area contributed by atoms with Crippen LogP contribution >= 0.6 is 0 Å².